The van der Waals surface area contributed by atoms with Crippen molar-refractivity contribution in [3.8, 4) is 0 Å². The number of unbranched alkanes of at least 4 members (excludes halogenated alkanes) is 28. The Bertz CT molecular complexity index is 572. The highest BCUT2D eigenvalue weighted by atomic mass is 16.3. The first-order chi connectivity index (χ1) is 21.6. The maximum atomic E-state index is 12.3. The van der Waals surface area contributed by atoms with Gasteiger partial charge in [-0.1, -0.05) is 200 Å². The molecule has 0 rings (SSSR count). The van der Waals surface area contributed by atoms with Crippen LogP contribution < -0.4 is 5.32 Å². The van der Waals surface area contributed by atoms with Crippen molar-refractivity contribution in [3.05, 3.63) is 0 Å². The van der Waals surface area contributed by atoms with Gasteiger partial charge in [0.25, 0.3) is 0 Å². The lowest BCUT2D eigenvalue weighted by Crippen LogP contribution is -2.50. The number of hydrogen-bond donors (Lipinski definition) is 4. The smallest absolute Gasteiger partial charge is 0.220 e. The molecule has 44 heavy (non-hydrogen) atoms. The van der Waals surface area contributed by atoms with Crippen molar-refractivity contribution < 1.29 is 20.1 Å². The third-order valence-electron chi connectivity index (χ3n) is 9.46. The van der Waals surface area contributed by atoms with Gasteiger partial charge in [0, 0.05) is 6.42 Å². The molecule has 0 spiro atoms. The van der Waals surface area contributed by atoms with Gasteiger partial charge in [0.2, 0.25) is 5.91 Å². The van der Waals surface area contributed by atoms with Crippen LogP contribution in [0.15, 0.2) is 0 Å². The number of aliphatic hydroxyl groups is 3. The van der Waals surface area contributed by atoms with E-state index in [-0.39, 0.29) is 12.5 Å². The van der Waals surface area contributed by atoms with Crippen molar-refractivity contribution in [3.63, 3.8) is 0 Å². The van der Waals surface area contributed by atoms with Gasteiger partial charge < -0.3 is 20.6 Å². The first-order valence-corrected chi connectivity index (χ1v) is 19.8. The third kappa shape index (κ3) is 30.0. The largest absolute Gasteiger partial charge is 0.394 e. The first kappa shape index (κ1) is 43.4. The highest BCUT2D eigenvalue weighted by Gasteiger charge is 2.26. The van der Waals surface area contributed by atoms with Crippen LogP contribution in [-0.4, -0.2) is 46.1 Å². The summed E-state index contributed by atoms with van der Waals surface area (Å²) in [6.45, 7) is 4.16. The van der Waals surface area contributed by atoms with E-state index in [1.165, 1.54) is 161 Å². The lowest BCUT2D eigenvalue weighted by molar-refractivity contribution is -0.124. The summed E-state index contributed by atoms with van der Waals surface area (Å²) in [7, 11) is 0. The highest BCUT2D eigenvalue weighted by molar-refractivity contribution is 5.76. The number of nitrogens with one attached hydrogen (secondary N) is 1. The van der Waals surface area contributed by atoms with E-state index in [9.17, 15) is 20.1 Å². The van der Waals surface area contributed by atoms with E-state index in [0.29, 0.717) is 12.8 Å². The quantitative estimate of drug-likeness (QED) is 0.0521. The van der Waals surface area contributed by atoms with Gasteiger partial charge in [0.05, 0.1) is 18.8 Å². The molecule has 4 N–H and O–H groups in total. The van der Waals surface area contributed by atoms with Gasteiger partial charge in [-0.05, 0) is 12.8 Å². The molecule has 3 atom stereocenters. The fourth-order valence-electron chi connectivity index (χ4n) is 6.34. The number of hydrogen-bond acceptors (Lipinski definition) is 4. The van der Waals surface area contributed by atoms with Crippen molar-refractivity contribution in [1.29, 1.82) is 0 Å². The van der Waals surface area contributed by atoms with Crippen LogP contribution in [0.3, 0.4) is 0 Å². The maximum absolute atomic E-state index is 12.3. The van der Waals surface area contributed by atoms with E-state index in [4.69, 9.17) is 0 Å². The molecule has 0 aromatic carbocycles. The molecule has 0 fully saturated rings. The molecule has 0 saturated carbocycles. The molecule has 0 saturated heterocycles. The minimum atomic E-state index is -1.13. The number of aliphatic hydroxyl groups excluding tert-OH is 3. The van der Waals surface area contributed by atoms with Crippen molar-refractivity contribution in [2.24, 2.45) is 0 Å². The van der Waals surface area contributed by atoms with Crippen LogP contribution in [0.4, 0.5) is 0 Å². The lowest BCUT2D eigenvalue weighted by Gasteiger charge is -2.26. The number of amides is 1. The monoisotopic (exact) mass is 626 g/mol. The van der Waals surface area contributed by atoms with Gasteiger partial charge in [0.1, 0.15) is 6.10 Å². The Hall–Kier alpha value is -0.650. The summed E-state index contributed by atoms with van der Waals surface area (Å²) < 4.78 is 0. The van der Waals surface area contributed by atoms with Crippen molar-refractivity contribution >= 4 is 5.91 Å². The Balaban J connectivity index is 3.56. The molecular weight excluding hydrogens is 546 g/mol. The lowest BCUT2D eigenvalue weighted by atomic mass is 9.99. The molecule has 264 valence electrons. The van der Waals surface area contributed by atoms with Crippen LogP contribution in [0, 0.1) is 0 Å². The summed E-state index contributed by atoms with van der Waals surface area (Å²) in [6, 6.07) is -0.800. The van der Waals surface area contributed by atoms with Gasteiger partial charge in [-0.25, -0.2) is 0 Å². The molecule has 0 aliphatic rings. The van der Waals surface area contributed by atoms with Crippen LogP contribution >= 0.6 is 0 Å². The molecule has 0 aromatic heterocycles. The summed E-state index contributed by atoms with van der Waals surface area (Å²) in [6.07, 6.45) is 37.8. The van der Waals surface area contributed by atoms with Gasteiger partial charge in [0.15, 0.2) is 0 Å². The fraction of sp³-hybridized carbons (Fsp3) is 0.974. The van der Waals surface area contributed by atoms with E-state index in [1.54, 1.807) is 0 Å². The molecule has 5 heteroatoms. The first-order valence-electron chi connectivity index (χ1n) is 19.8. The average molecular weight is 626 g/mol. The van der Waals surface area contributed by atoms with E-state index in [1.807, 2.05) is 0 Å². The Morgan fingerprint density at radius 2 is 0.773 bits per heavy atom. The summed E-state index contributed by atoms with van der Waals surface area (Å²) in [4.78, 5) is 12.3. The normalized spacial score (nSPS) is 13.7. The van der Waals surface area contributed by atoms with Gasteiger partial charge in [-0.15, -0.1) is 0 Å². The Labute approximate surface area is 275 Å². The van der Waals surface area contributed by atoms with Crippen LogP contribution in [0.2, 0.25) is 0 Å². The van der Waals surface area contributed by atoms with E-state index in [0.717, 1.165) is 32.1 Å². The van der Waals surface area contributed by atoms with E-state index in [2.05, 4.69) is 19.2 Å². The Morgan fingerprint density at radius 3 is 1.09 bits per heavy atom. The summed E-state index contributed by atoms with van der Waals surface area (Å²) in [5, 5.41) is 33.3. The maximum Gasteiger partial charge on any atom is 0.220 e. The topological polar surface area (TPSA) is 89.8 Å². The number of carbonyl (C=O) groups excluding carboxylic acids is 1. The molecule has 5 nitrogen and oxygen atoms in total. The molecule has 1 amide bonds. The zero-order valence-electron chi connectivity index (χ0n) is 29.8. The average Bonchev–Trinajstić information content (AvgIpc) is 3.03. The Morgan fingerprint density at radius 1 is 0.477 bits per heavy atom. The summed E-state index contributed by atoms with van der Waals surface area (Å²) in [5.41, 5.74) is 0. The zero-order valence-corrected chi connectivity index (χ0v) is 29.8. The van der Waals surface area contributed by atoms with Crippen LogP contribution in [-0.2, 0) is 4.79 Å². The van der Waals surface area contributed by atoms with Gasteiger partial charge >= 0.3 is 0 Å². The second kappa shape index (κ2) is 35.2. The second-order valence-corrected chi connectivity index (χ2v) is 13.9. The highest BCUT2D eigenvalue weighted by Crippen LogP contribution is 2.17. The molecular formula is C39H79NO4. The molecule has 0 aliphatic heterocycles. The molecule has 0 heterocycles. The predicted octanol–water partition coefficient (Wildman–Crippen LogP) is 10.7. The second-order valence-electron chi connectivity index (χ2n) is 13.9. The Kier molecular flexibility index (Phi) is 34.7. The summed E-state index contributed by atoms with van der Waals surface area (Å²) >= 11 is 0. The van der Waals surface area contributed by atoms with Crippen molar-refractivity contribution in [2.75, 3.05) is 6.61 Å². The fourth-order valence-corrected chi connectivity index (χ4v) is 6.34. The van der Waals surface area contributed by atoms with Crippen molar-refractivity contribution in [2.45, 2.75) is 238 Å². The molecule has 0 bridgehead atoms. The molecule has 0 radical (unpaired) electrons. The zero-order chi connectivity index (χ0) is 32.4. The van der Waals surface area contributed by atoms with Crippen molar-refractivity contribution in [1.82, 2.24) is 5.32 Å². The standard InChI is InChI=1S/C39H79NO4/c1-3-5-7-9-11-13-14-15-16-17-18-19-20-21-22-23-24-26-27-29-31-33-37(42)39(44)36(35-41)40-38(43)34-32-30-28-25-12-10-8-6-4-2/h36-37,39,41-42,44H,3-35H2,1-2H3,(H,40,43). The van der Waals surface area contributed by atoms with Crippen LogP contribution in [0.1, 0.15) is 219 Å². The number of carbonyl (C=O) groups is 1. The number of rotatable bonds is 36. The molecule has 0 aromatic rings. The predicted molar refractivity (Wildman–Crippen MR) is 190 cm³/mol. The minimum Gasteiger partial charge on any atom is -0.394 e. The van der Waals surface area contributed by atoms with Crippen LogP contribution in [0.5, 0.6) is 0 Å². The summed E-state index contributed by atoms with van der Waals surface area (Å²) in [5.74, 6) is -0.146. The molecule has 3 unspecified atom stereocenters. The van der Waals surface area contributed by atoms with E-state index >= 15 is 0 Å². The van der Waals surface area contributed by atoms with E-state index < -0.39 is 18.2 Å². The van der Waals surface area contributed by atoms with Gasteiger partial charge in [-0.3, -0.25) is 4.79 Å². The van der Waals surface area contributed by atoms with Gasteiger partial charge in [-0.2, -0.15) is 0 Å². The van der Waals surface area contributed by atoms with Crippen LogP contribution in [0.25, 0.3) is 0 Å². The minimum absolute atomic E-state index is 0.146. The SMILES string of the molecule is CCCCCCCCCCCCCCCCCCCCCCCC(O)C(O)C(CO)NC(=O)CCCCCCCCCCC. The third-order valence-corrected chi connectivity index (χ3v) is 9.46. The molecule has 0 aliphatic carbocycles.